The fourth-order valence-corrected chi connectivity index (χ4v) is 5.92. The fraction of sp³-hybridized carbons (Fsp3) is 0.208. The molecule has 0 fully saturated rings. The number of anilines is 1. The van der Waals surface area contributed by atoms with Gasteiger partial charge in [0.1, 0.15) is 5.75 Å². The normalized spacial score (nSPS) is 16.2. The van der Waals surface area contributed by atoms with Crippen LogP contribution in [0.2, 0.25) is 10.0 Å². The van der Waals surface area contributed by atoms with E-state index >= 15 is 0 Å². The molecule has 0 radical (unpaired) electrons. The van der Waals surface area contributed by atoms with Crippen LogP contribution in [0.1, 0.15) is 18.0 Å². The number of methoxy groups -OCH3 is 1. The number of nitrogens with zero attached hydrogens (tertiary/aromatic N) is 2. The lowest BCUT2D eigenvalue weighted by molar-refractivity contribution is 0.414. The lowest BCUT2D eigenvalue weighted by atomic mass is 10.0. The number of ether oxygens (including phenoxy) is 1. The molecule has 0 bridgehead atoms. The molecule has 1 unspecified atom stereocenters. The molecule has 1 heterocycles. The molecule has 0 saturated carbocycles. The monoisotopic (exact) mass is 567 g/mol. The molecule has 1 aliphatic heterocycles. The number of rotatable bonds is 8. The van der Waals surface area contributed by atoms with E-state index in [1.54, 1.807) is 30.3 Å². The first-order valence-corrected chi connectivity index (χ1v) is 14.9. The first kappa shape index (κ1) is 26.4. The molecule has 4 rings (SSSR count). The molecule has 0 aliphatic carbocycles. The maximum Gasteiger partial charge on any atom is 0.240 e. The average molecular weight is 569 g/mol. The molecule has 1 N–H and O–H groups in total. The van der Waals surface area contributed by atoms with Crippen molar-refractivity contribution in [2.24, 2.45) is 5.10 Å². The highest BCUT2D eigenvalue weighted by Gasteiger charge is 2.31. The zero-order valence-electron chi connectivity index (χ0n) is 19.4. The van der Waals surface area contributed by atoms with Crippen molar-refractivity contribution in [3.05, 3.63) is 82.3 Å². The van der Waals surface area contributed by atoms with Crippen molar-refractivity contribution in [3.63, 3.8) is 0 Å². The standard InChI is InChI=1S/C24H23Cl2N3O5S2/c1-34-19-6-3-16(4-7-19)24-14-18(28-29(24)23-12-5-17(25)13-22(23)26)15-27-36(32,33)21-10-8-20(9-11-21)35(2,30)31/h3-13,24,27H,14-15H2,1-2H3. The van der Waals surface area contributed by atoms with Gasteiger partial charge in [-0.25, -0.2) is 21.6 Å². The molecule has 12 heteroatoms. The maximum absolute atomic E-state index is 12.8. The molecule has 36 heavy (non-hydrogen) atoms. The zero-order valence-corrected chi connectivity index (χ0v) is 22.5. The van der Waals surface area contributed by atoms with Crippen LogP contribution in [0.5, 0.6) is 5.75 Å². The third kappa shape index (κ3) is 5.84. The van der Waals surface area contributed by atoms with Crippen LogP contribution in [-0.2, 0) is 19.9 Å². The van der Waals surface area contributed by atoms with E-state index in [2.05, 4.69) is 9.82 Å². The SMILES string of the molecule is COc1ccc(C2CC(CNS(=O)(=O)c3ccc(S(C)(=O)=O)cc3)=NN2c2ccc(Cl)cc2Cl)cc1. The third-order valence-corrected chi connectivity index (χ3v) is 8.74. The summed E-state index contributed by atoms with van der Waals surface area (Å²) in [6, 6.07) is 17.5. The van der Waals surface area contributed by atoms with Crippen LogP contribution in [0, 0.1) is 0 Å². The number of sulfone groups is 1. The fourth-order valence-electron chi connectivity index (χ4n) is 3.78. The van der Waals surface area contributed by atoms with E-state index in [1.807, 2.05) is 24.3 Å². The van der Waals surface area contributed by atoms with Crippen LogP contribution in [0.25, 0.3) is 0 Å². The first-order chi connectivity index (χ1) is 17.0. The van der Waals surface area contributed by atoms with E-state index in [4.69, 9.17) is 27.9 Å². The second-order valence-corrected chi connectivity index (χ2v) is 12.8. The van der Waals surface area contributed by atoms with Crippen molar-refractivity contribution in [1.82, 2.24) is 4.72 Å². The molecule has 3 aromatic rings. The molecular formula is C24H23Cl2N3O5S2. The van der Waals surface area contributed by atoms with Gasteiger partial charge in [-0.15, -0.1) is 0 Å². The smallest absolute Gasteiger partial charge is 0.240 e. The minimum atomic E-state index is -3.90. The summed E-state index contributed by atoms with van der Waals surface area (Å²) in [5, 5.41) is 7.34. The Labute approximate surface area is 220 Å². The van der Waals surface area contributed by atoms with Gasteiger partial charge < -0.3 is 4.74 Å². The second kappa shape index (κ2) is 10.4. The van der Waals surface area contributed by atoms with Crippen LogP contribution < -0.4 is 14.5 Å². The van der Waals surface area contributed by atoms with Gasteiger partial charge in [0.2, 0.25) is 10.0 Å². The largest absolute Gasteiger partial charge is 0.497 e. The van der Waals surface area contributed by atoms with Crippen LogP contribution >= 0.6 is 23.2 Å². The summed E-state index contributed by atoms with van der Waals surface area (Å²) in [5.41, 5.74) is 2.18. The predicted octanol–water partition coefficient (Wildman–Crippen LogP) is 4.69. The molecule has 1 aliphatic rings. The number of sulfonamides is 1. The van der Waals surface area contributed by atoms with Crippen molar-refractivity contribution in [1.29, 1.82) is 0 Å². The highest BCUT2D eigenvalue weighted by atomic mass is 35.5. The molecule has 190 valence electrons. The summed E-state index contributed by atoms with van der Waals surface area (Å²) in [4.78, 5) is -0.00256. The van der Waals surface area contributed by atoms with Gasteiger partial charge in [0.15, 0.2) is 9.84 Å². The first-order valence-electron chi connectivity index (χ1n) is 10.7. The van der Waals surface area contributed by atoms with Crippen molar-refractivity contribution in [3.8, 4) is 5.75 Å². The Kier molecular flexibility index (Phi) is 7.63. The number of hydrogen-bond acceptors (Lipinski definition) is 7. The topological polar surface area (TPSA) is 105 Å². The zero-order chi connectivity index (χ0) is 26.1. The van der Waals surface area contributed by atoms with Gasteiger partial charge in [0.25, 0.3) is 0 Å². The molecule has 1 atom stereocenters. The summed E-state index contributed by atoms with van der Waals surface area (Å²) in [5.74, 6) is 0.712. The van der Waals surface area contributed by atoms with E-state index in [0.717, 1.165) is 11.8 Å². The molecule has 0 spiro atoms. The second-order valence-electron chi connectivity index (χ2n) is 8.17. The van der Waals surface area contributed by atoms with Crippen molar-refractivity contribution >= 4 is 54.5 Å². The van der Waals surface area contributed by atoms with Gasteiger partial charge in [0, 0.05) is 17.7 Å². The van der Waals surface area contributed by atoms with E-state index < -0.39 is 19.9 Å². The van der Waals surface area contributed by atoms with E-state index in [9.17, 15) is 16.8 Å². The van der Waals surface area contributed by atoms with Gasteiger partial charge in [-0.2, -0.15) is 5.10 Å². The van der Waals surface area contributed by atoms with Gasteiger partial charge in [-0.3, -0.25) is 5.01 Å². The summed E-state index contributed by atoms with van der Waals surface area (Å²) >= 11 is 12.5. The molecular weight excluding hydrogens is 545 g/mol. The van der Waals surface area contributed by atoms with Crippen molar-refractivity contribution in [2.45, 2.75) is 22.3 Å². The van der Waals surface area contributed by atoms with E-state index in [0.29, 0.717) is 33.6 Å². The van der Waals surface area contributed by atoms with Crippen LogP contribution in [0.15, 0.2) is 81.6 Å². The van der Waals surface area contributed by atoms with E-state index in [-0.39, 0.29) is 22.4 Å². The number of nitrogens with one attached hydrogen (secondary N) is 1. The maximum atomic E-state index is 12.8. The Balaban J connectivity index is 1.58. The van der Waals surface area contributed by atoms with Gasteiger partial charge in [-0.05, 0) is 60.2 Å². The van der Waals surface area contributed by atoms with Crippen LogP contribution in [0.4, 0.5) is 5.69 Å². The average Bonchev–Trinajstić information content (AvgIpc) is 3.26. The van der Waals surface area contributed by atoms with Gasteiger partial charge in [0.05, 0.1) is 45.9 Å². The van der Waals surface area contributed by atoms with Crippen molar-refractivity contribution < 1.29 is 21.6 Å². The van der Waals surface area contributed by atoms with E-state index in [1.165, 1.54) is 24.3 Å². The highest BCUT2D eigenvalue weighted by molar-refractivity contribution is 7.90. The Morgan fingerprint density at radius 2 is 1.61 bits per heavy atom. The Bertz CT molecular complexity index is 1510. The Hall–Kier alpha value is -2.63. The predicted molar refractivity (Wildman–Crippen MR) is 141 cm³/mol. The summed E-state index contributed by atoms with van der Waals surface area (Å²) in [6.07, 6.45) is 1.51. The minimum Gasteiger partial charge on any atom is -0.497 e. The van der Waals surface area contributed by atoms with Gasteiger partial charge >= 0.3 is 0 Å². The summed E-state index contributed by atoms with van der Waals surface area (Å²) < 4.78 is 56.8. The lowest BCUT2D eigenvalue weighted by Gasteiger charge is -2.25. The van der Waals surface area contributed by atoms with Crippen LogP contribution in [0.3, 0.4) is 0 Å². The number of hydrazone groups is 1. The lowest BCUT2D eigenvalue weighted by Crippen LogP contribution is -2.29. The van der Waals surface area contributed by atoms with Gasteiger partial charge in [-0.1, -0.05) is 35.3 Å². The van der Waals surface area contributed by atoms with Crippen molar-refractivity contribution in [2.75, 3.05) is 24.9 Å². The molecule has 0 aromatic heterocycles. The molecule has 3 aromatic carbocycles. The highest BCUT2D eigenvalue weighted by Crippen LogP contribution is 2.40. The Morgan fingerprint density at radius 3 is 2.19 bits per heavy atom. The quantitative estimate of drug-likeness (QED) is 0.423. The summed E-state index contributed by atoms with van der Waals surface area (Å²) in [6.45, 7) is -0.0372. The number of halogens is 2. The molecule has 8 nitrogen and oxygen atoms in total. The minimum absolute atomic E-state index is 0.0372. The number of hydrogen-bond donors (Lipinski definition) is 1. The summed E-state index contributed by atoms with van der Waals surface area (Å²) in [7, 11) is -5.74. The Morgan fingerprint density at radius 1 is 0.972 bits per heavy atom. The molecule has 0 saturated heterocycles. The third-order valence-electron chi connectivity index (χ3n) is 5.66. The van der Waals surface area contributed by atoms with Crippen LogP contribution in [-0.4, -0.2) is 42.5 Å². The molecule has 0 amide bonds. The number of benzene rings is 3.